The van der Waals surface area contributed by atoms with Crippen molar-refractivity contribution in [2.75, 3.05) is 37.6 Å². The number of hydrogen-bond donors (Lipinski definition) is 1. The maximum Gasteiger partial charge on any atom is 0.251 e. The van der Waals surface area contributed by atoms with Crippen molar-refractivity contribution in [3.63, 3.8) is 0 Å². The second-order valence-electron chi connectivity index (χ2n) is 8.33. The van der Waals surface area contributed by atoms with Gasteiger partial charge in [-0.3, -0.25) is 9.59 Å². The van der Waals surface area contributed by atoms with Crippen LogP contribution in [0.5, 0.6) is 0 Å². The Hall–Kier alpha value is -2.89. The molecule has 0 aromatic heterocycles. The molecule has 1 N–H and O–H groups in total. The molecule has 0 aliphatic carbocycles. The zero-order valence-corrected chi connectivity index (χ0v) is 17.2. The highest BCUT2D eigenvalue weighted by Crippen LogP contribution is 2.22. The van der Waals surface area contributed by atoms with E-state index in [0.717, 1.165) is 5.56 Å². The van der Waals surface area contributed by atoms with Gasteiger partial charge >= 0.3 is 0 Å². The van der Waals surface area contributed by atoms with Crippen molar-refractivity contribution in [2.45, 2.75) is 26.2 Å². The number of halogens is 1. The number of carbonyl (C=O) groups excluding carboxylic acids is 2. The maximum absolute atomic E-state index is 13.9. The summed E-state index contributed by atoms with van der Waals surface area (Å²) in [6.45, 7) is 8.45. The van der Waals surface area contributed by atoms with Gasteiger partial charge in [-0.2, -0.15) is 0 Å². The average Bonchev–Trinajstić information content (AvgIpc) is 2.72. The Balaban J connectivity index is 1.49. The zero-order valence-electron chi connectivity index (χ0n) is 17.2. The van der Waals surface area contributed by atoms with Crippen molar-refractivity contribution >= 4 is 17.5 Å². The summed E-state index contributed by atoms with van der Waals surface area (Å²) in [7, 11) is 0. The Morgan fingerprint density at radius 2 is 1.59 bits per heavy atom. The fourth-order valence-electron chi connectivity index (χ4n) is 3.40. The van der Waals surface area contributed by atoms with E-state index in [-0.39, 0.29) is 29.6 Å². The Morgan fingerprint density at radius 1 is 0.966 bits per heavy atom. The molecule has 2 aromatic carbocycles. The number of piperazine rings is 1. The van der Waals surface area contributed by atoms with Gasteiger partial charge in [0, 0.05) is 31.7 Å². The maximum atomic E-state index is 13.9. The molecule has 1 heterocycles. The minimum absolute atomic E-state index is 0.0236. The first kappa shape index (κ1) is 20.8. The molecule has 0 radical (unpaired) electrons. The third-order valence-corrected chi connectivity index (χ3v) is 5.24. The largest absolute Gasteiger partial charge is 0.366 e. The van der Waals surface area contributed by atoms with E-state index in [1.54, 1.807) is 35.2 Å². The highest BCUT2D eigenvalue weighted by atomic mass is 19.1. The minimum Gasteiger partial charge on any atom is -0.366 e. The first-order valence-corrected chi connectivity index (χ1v) is 9.92. The average molecular weight is 397 g/mol. The van der Waals surface area contributed by atoms with Crippen LogP contribution < -0.4 is 10.2 Å². The van der Waals surface area contributed by atoms with Crippen molar-refractivity contribution in [2.24, 2.45) is 0 Å². The Bertz CT molecular complexity index is 866. The van der Waals surface area contributed by atoms with Crippen molar-refractivity contribution in [3.05, 3.63) is 65.5 Å². The Kier molecular flexibility index (Phi) is 6.20. The lowest BCUT2D eigenvalue weighted by Gasteiger charge is -2.36. The zero-order chi connectivity index (χ0) is 21.0. The number of nitrogens with zero attached hydrogens (tertiary/aromatic N) is 2. The van der Waals surface area contributed by atoms with Crippen LogP contribution in [-0.2, 0) is 10.2 Å². The van der Waals surface area contributed by atoms with E-state index >= 15 is 0 Å². The Labute approximate surface area is 171 Å². The number of anilines is 1. The normalized spacial score (nSPS) is 14.6. The molecule has 2 amide bonds. The SMILES string of the molecule is CC(C)(C)c1ccc(C(=O)NCC(=O)N2CCN(c3ccccc3F)CC2)cc1. The third-order valence-electron chi connectivity index (χ3n) is 5.24. The summed E-state index contributed by atoms with van der Waals surface area (Å²) in [6, 6.07) is 14.1. The number of carbonyl (C=O) groups is 2. The third kappa shape index (κ3) is 5.13. The minimum atomic E-state index is -0.260. The van der Waals surface area contributed by atoms with Crippen LogP contribution in [0.4, 0.5) is 10.1 Å². The molecule has 1 saturated heterocycles. The van der Waals surface area contributed by atoms with Gasteiger partial charge in [0.2, 0.25) is 5.91 Å². The molecule has 5 nitrogen and oxygen atoms in total. The molecule has 0 unspecified atom stereocenters. The lowest BCUT2D eigenvalue weighted by atomic mass is 9.87. The fraction of sp³-hybridized carbons (Fsp3) is 0.391. The quantitative estimate of drug-likeness (QED) is 0.862. The molecule has 0 spiro atoms. The number of amides is 2. The molecule has 6 heteroatoms. The standard InChI is InChI=1S/C23H28FN3O2/c1-23(2,3)18-10-8-17(9-11-18)22(29)25-16-21(28)27-14-12-26(13-15-27)20-7-5-4-6-19(20)24/h4-11H,12-16H2,1-3H3,(H,25,29). The van der Waals surface area contributed by atoms with E-state index in [9.17, 15) is 14.0 Å². The fourth-order valence-corrected chi connectivity index (χ4v) is 3.40. The van der Waals surface area contributed by atoms with Crippen LogP contribution in [0.3, 0.4) is 0 Å². The van der Waals surface area contributed by atoms with Gasteiger partial charge in [-0.25, -0.2) is 4.39 Å². The Morgan fingerprint density at radius 3 is 2.17 bits per heavy atom. The molecular weight excluding hydrogens is 369 g/mol. The smallest absolute Gasteiger partial charge is 0.251 e. The molecule has 2 aromatic rings. The monoisotopic (exact) mass is 397 g/mol. The molecule has 1 fully saturated rings. The van der Waals surface area contributed by atoms with Crippen molar-refractivity contribution in [1.82, 2.24) is 10.2 Å². The summed E-state index contributed by atoms with van der Waals surface area (Å²) < 4.78 is 13.9. The molecule has 3 rings (SSSR count). The summed E-state index contributed by atoms with van der Waals surface area (Å²) in [6.07, 6.45) is 0. The lowest BCUT2D eigenvalue weighted by Crippen LogP contribution is -2.51. The van der Waals surface area contributed by atoms with E-state index in [4.69, 9.17) is 0 Å². The molecule has 1 aliphatic heterocycles. The van der Waals surface area contributed by atoms with Crippen molar-refractivity contribution in [1.29, 1.82) is 0 Å². The first-order chi connectivity index (χ1) is 13.8. The second-order valence-corrected chi connectivity index (χ2v) is 8.33. The summed E-state index contributed by atoms with van der Waals surface area (Å²) >= 11 is 0. The van der Waals surface area contributed by atoms with Gasteiger partial charge in [-0.15, -0.1) is 0 Å². The summed E-state index contributed by atoms with van der Waals surface area (Å²) in [5, 5.41) is 2.70. The second kappa shape index (κ2) is 8.64. The van der Waals surface area contributed by atoms with Crippen LogP contribution in [0.1, 0.15) is 36.7 Å². The molecule has 154 valence electrons. The van der Waals surface area contributed by atoms with Crippen LogP contribution in [0, 0.1) is 5.82 Å². The predicted octanol–water partition coefficient (Wildman–Crippen LogP) is 3.20. The van der Waals surface area contributed by atoms with Gasteiger partial charge in [0.15, 0.2) is 0 Å². The van der Waals surface area contributed by atoms with Gasteiger partial charge in [0.1, 0.15) is 5.82 Å². The summed E-state index contributed by atoms with van der Waals surface area (Å²) in [5.74, 6) is -0.640. The van der Waals surface area contributed by atoms with E-state index < -0.39 is 0 Å². The van der Waals surface area contributed by atoms with Gasteiger partial charge < -0.3 is 15.1 Å². The van der Waals surface area contributed by atoms with Crippen LogP contribution in [0.15, 0.2) is 48.5 Å². The molecule has 0 saturated carbocycles. The van der Waals surface area contributed by atoms with E-state index in [0.29, 0.717) is 37.4 Å². The van der Waals surface area contributed by atoms with Gasteiger partial charge in [-0.05, 0) is 35.2 Å². The summed E-state index contributed by atoms with van der Waals surface area (Å²) in [5.41, 5.74) is 2.27. The highest BCUT2D eigenvalue weighted by Gasteiger charge is 2.23. The van der Waals surface area contributed by atoms with Crippen LogP contribution in [0.25, 0.3) is 0 Å². The van der Waals surface area contributed by atoms with Gasteiger partial charge in [-0.1, -0.05) is 45.0 Å². The van der Waals surface area contributed by atoms with E-state index in [1.807, 2.05) is 17.0 Å². The number of hydrogen-bond acceptors (Lipinski definition) is 3. The van der Waals surface area contributed by atoms with E-state index in [2.05, 4.69) is 26.1 Å². The number of nitrogens with one attached hydrogen (secondary N) is 1. The van der Waals surface area contributed by atoms with Gasteiger partial charge in [0.25, 0.3) is 5.91 Å². The topological polar surface area (TPSA) is 52.7 Å². The van der Waals surface area contributed by atoms with E-state index in [1.165, 1.54) is 6.07 Å². The number of rotatable bonds is 4. The predicted molar refractivity (Wildman–Crippen MR) is 113 cm³/mol. The lowest BCUT2D eigenvalue weighted by molar-refractivity contribution is -0.130. The molecule has 1 aliphatic rings. The highest BCUT2D eigenvalue weighted by molar-refractivity contribution is 5.96. The number of benzene rings is 2. The summed E-state index contributed by atoms with van der Waals surface area (Å²) in [4.78, 5) is 28.4. The first-order valence-electron chi connectivity index (χ1n) is 9.92. The molecule has 29 heavy (non-hydrogen) atoms. The van der Waals surface area contributed by atoms with Crippen LogP contribution in [-0.4, -0.2) is 49.4 Å². The molecule has 0 bridgehead atoms. The van der Waals surface area contributed by atoms with Crippen molar-refractivity contribution < 1.29 is 14.0 Å². The van der Waals surface area contributed by atoms with Crippen LogP contribution in [0.2, 0.25) is 0 Å². The van der Waals surface area contributed by atoms with Crippen LogP contribution >= 0.6 is 0 Å². The molecular formula is C23H28FN3O2. The van der Waals surface area contributed by atoms with Gasteiger partial charge in [0.05, 0.1) is 12.2 Å². The number of para-hydroxylation sites is 1. The molecule has 0 atom stereocenters. The van der Waals surface area contributed by atoms with Crippen molar-refractivity contribution in [3.8, 4) is 0 Å².